The Balaban J connectivity index is 3.31. The summed E-state index contributed by atoms with van der Waals surface area (Å²) in [6.07, 6.45) is 1.44. The van der Waals surface area contributed by atoms with Gasteiger partial charge in [-0.05, 0) is 6.42 Å². The molecule has 0 aromatic rings. The Morgan fingerprint density at radius 1 is 1.29 bits per heavy atom. The molecule has 0 saturated heterocycles. The fraction of sp³-hybridized carbons (Fsp3) is 0.500. The van der Waals surface area contributed by atoms with Gasteiger partial charge < -0.3 is 14.1 Å². The molecule has 14 heavy (non-hydrogen) atoms. The summed E-state index contributed by atoms with van der Waals surface area (Å²) in [5.41, 5.74) is 0. The summed E-state index contributed by atoms with van der Waals surface area (Å²) in [6.45, 7) is 3.37. The number of carbonyl (C=O) groups is 2. The highest BCUT2D eigenvalue weighted by molar-refractivity contribution is 6.04. The summed E-state index contributed by atoms with van der Waals surface area (Å²) in [4.78, 5) is 21.2. The van der Waals surface area contributed by atoms with Gasteiger partial charge in [-0.3, -0.25) is 4.79 Å². The van der Waals surface area contributed by atoms with Crippen LogP contribution in [0.2, 0.25) is 0 Å². The summed E-state index contributed by atoms with van der Waals surface area (Å²) in [6, 6.07) is 0. The largest absolute Gasteiger partial charge is 0.513 e. The maximum absolute atomic E-state index is 10.8. The highest BCUT2D eigenvalue weighted by Gasteiger charge is 2.02. The van der Waals surface area contributed by atoms with Crippen LogP contribution in [0.4, 0.5) is 4.79 Å². The van der Waals surface area contributed by atoms with Crippen LogP contribution in [0.3, 0.4) is 0 Å². The number of hydrogen-bond donors (Lipinski definition) is 0. The van der Waals surface area contributed by atoms with Crippen LogP contribution in [0, 0.1) is 0 Å². The molecule has 0 saturated carbocycles. The molecule has 0 aliphatic carbocycles. The van der Waals surface area contributed by atoms with Gasteiger partial charge in [-0.25, -0.2) is 4.79 Å². The molecule has 0 amide bonds. The summed E-state index contributed by atoms with van der Waals surface area (Å²) >= 11 is 0. The summed E-state index contributed by atoms with van der Waals surface area (Å²) in [7, 11) is 4.49. The van der Waals surface area contributed by atoms with Crippen LogP contribution in [-0.4, -0.2) is 33.4 Å². The van der Waals surface area contributed by atoms with Crippen molar-refractivity contribution in [2.45, 2.75) is 12.8 Å². The second kappa shape index (κ2) is 8.16. The van der Waals surface area contributed by atoms with Gasteiger partial charge in [-0.1, -0.05) is 6.08 Å². The second-order valence-electron chi connectivity index (χ2n) is 2.26. The molecular formula is C8H11BO5. The molecule has 0 rings (SSSR count). The van der Waals surface area contributed by atoms with Gasteiger partial charge in [-0.15, -0.1) is 6.58 Å². The van der Waals surface area contributed by atoms with Crippen molar-refractivity contribution in [3.63, 3.8) is 0 Å². The van der Waals surface area contributed by atoms with E-state index in [4.69, 9.17) is 0 Å². The molecule has 6 heteroatoms. The maximum Gasteiger partial charge on any atom is 0.489 e. The Morgan fingerprint density at radius 3 is 2.50 bits per heavy atom. The predicted octanol–water partition coefficient (Wildman–Crippen LogP) is 0.732. The zero-order valence-corrected chi connectivity index (χ0v) is 7.73. The molecule has 0 aliphatic heterocycles. The minimum Gasteiger partial charge on any atom is -0.513 e. The Bertz CT molecular complexity index is 204. The van der Waals surface area contributed by atoms with Gasteiger partial charge in [-0.2, -0.15) is 0 Å². The lowest BCUT2D eigenvalue weighted by Gasteiger charge is -2.04. The van der Waals surface area contributed by atoms with Crippen molar-refractivity contribution in [2.24, 2.45) is 0 Å². The molecular weight excluding hydrogens is 187 g/mol. The van der Waals surface area contributed by atoms with Crippen LogP contribution in [0.1, 0.15) is 12.8 Å². The molecule has 0 heterocycles. The lowest BCUT2D eigenvalue weighted by Crippen LogP contribution is -2.13. The van der Waals surface area contributed by atoms with Crippen LogP contribution in [0.15, 0.2) is 12.7 Å². The van der Waals surface area contributed by atoms with Crippen LogP contribution < -0.4 is 0 Å². The molecule has 0 spiro atoms. The highest BCUT2D eigenvalue weighted by Crippen LogP contribution is 1.93. The SMILES string of the molecule is [B]OC(=O)OCCOC(=O)CCC=C. The van der Waals surface area contributed by atoms with Crippen LogP contribution in [0.5, 0.6) is 0 Å². The average Bonchev–Trinajstić information content (AvgIpc) is 2.21. The van der Waals surface area contributed by atoms with Gasteiger partial charge in [0, 0.05) is 6.42 Å². The maximum atomic E-state index is 10.8. The first-order valence-electron chi connectivity index (χ1n) is 4.00. The van der Waals surface area contributed by atoms with Gasteiger partial charge in [0.1, 0.15) is 13.2 Å². The van der Waals surface area contributed by atoms with Crippen LogP contribution >= 0.6 is 0 Å². The minimum atomic E-state index is -1.01. The van der Waals surface area contributed by atoms with Gasteiger partial charge in [0.2, 0.25) is 0 Å². The van der Waals surface area contributed by atoms with Gasteiger partial charge >= 0.3 is 20.2 Å². The first-order valence-corrected chi connectivity index (χ1v) is 4.00. The number of ether oxygens (including phenoxy) is 2. The van der Waals surface area contributed by atoms with E-state index in [1.807, 2.05) is 0 Å². The van der Waals surface area contributed by atoms with Gasteiger partial charge in [0.15, 0.2) is 0 Å². The Hall–Kier alpha value is -1.46. The topological polar surface area (TPSA) is 61.8 Å². The fourth-order valence-corrected chi connectivity index (χ4v) is 0.607. The zero-order chi connectivity index (χ0) is 10.8. The quantitative estimate of drug-likeness (QED) is 0.272. The predicted molar refractivity (Wildman–Crippen MR) is 48.6 cm³/mol. The normalized spacial score (nSPS) is 8.86. The molecule has 0 fully saturated rings. The summed E-state index contributed by atoms with van der Waals surface area (Å²) in [5, 5.41) is 0. The van der Waals surface area contributed by atoms with Crippen LogP contribution in [-0.2, 0) is 18.9 Å². The van der Waals surface area contributed by atoms with Crippen molar-refractivity contribution in [3.8, 4) is 0 Å². The van der Waals surface area contributed by atoms with Crippen molar-refractivity contribution in [1.29, 1.82) is 0 Å². The van der Waals surface area contributed by atoms with E-state index < -0.39 is 6.16 Å². The second-order valence-corrected chi connectivity index (χ2v) is 2.26. The third kappa shape index (κ3) is 7.21. The van der Waals surface area contributed by atoms with E-state index in [-0.39, 0.29) is 25.6 Å². The number of allylic oxidation sites excluding steroid dienone is 1. The molecule has 0 unspecified atom stereocenters. The number of rotatable bonds is 6. The lowest BCUT2D eigenvalue weighted by atomic mass is 10.3. The standard InChI is InChI=1S/C8H11BO5/c1-2-3-4-7(10)12-5-6-13-8(11)14-9/h2H,1,3-6H2. The van der Waals surface area contributed by atoms with Crippen molar-refractivity contribution >= 4 is 20.2 Å². The van der Waals surface area contributed by atoms with E-state index in [0.717, 1.165) is 0 Å². The molecule has 0 bridgehead atoms. The number of esters is 1. The first-order chi connectivity index (χ1) is 6.70. The van der Waals surface area contributed by atoms with Gasteiger partial charge in [0.05, 0.1) is 0 Å². The third-order valence-corrected chi connectivity index (χ3v) is 1.22. The van der Waals surface area contributed by atoms with Gasteiger partial charge in [0.25, 0.3) is 0 Å². The minimum absolute atomic E-state index is 0.00885. The Labute approximate surface area is 83.5 Å². The molecule has 0 N–H and O–H groups in total. The molecule has 0 atom stereocenters. The molecule has 2 radical (unpaired) electrons. The number of carbonyl (C=O) groups excluding carboxylic acids is 2. The Morgan fingerprint density at radius 2 is 1.93 bits per heavy atom. The molecule has 76 valence electrons. The molecule has 5 nitrogen and oxygen atoms in total. The Kier molecular flexibility index (Phi) is 7.31. The molecule has 0 aromatic carbocycles. The smallest absolute Gasteiger partial charge is 0.489 e. The van der Waals surface area contributed by atoms with E-state index in [2.05, 4.69) is 28.8 Å². The van der Waals surface area contributed by atoms with Crippen molar-refractivity contribution in [1.82, 2.24) is 0 Å². The fourth-order valence-electron chi connectivity index (χ4n) is 0.607. The average molecular weight is 198 g/mol. The van der Waals surface area contributed by atoms with Crippen molar-refractivity contribution in [3.05, 3.63) is 12.7 Å². The monoisotopic (exact) mass is 198 g/mol. The lowest BCUT2D eigenvalue weighted by molar-refractivity contribution is -0.144. The van der Waals surface area contributed by atoms with Crippen molar-refractivity contribution in [2.75, 3.05) is 13.2 Å². The van der Waals surface area contributed by atoms with E-state index >= 15 is 0 Å². The first kappa shape index (κ1) is 12.5. The van der Waals surface area contributed by atoms with E-state index in [9.17, 15) is 9.59 Å². The molecule has 0 aliphatic rings. The van der Waals surface area contributed by atoms with E-state index in [1.165, 1.54) is 0 Å². The molecule has 0 aromatic heterocycles. The van der Waals surface area contributed by atoms with Crippen molar-refractivity contribution < 1.29 is 23.7 Å². The zero-order valence-electron chi connectivity index (χ0n) is 7.73. The summed E-state index contributed by atoms with van der Waals surface area (Å²) in [5.74, 6) is -0.366. The number of hydrogen-bond acceptors (Lipinski definition) is 5. The van der Waals surface area contributed by atoms with Crippen LogP contribution in [0.25, 0.3) is 0 Å². The third-order valence-electron chi connectivity index (χ3n) is 1.22. The van der Waals surface area contributed by atoms with E-state index in [0.29, 0.717) is 6.42 Å². The van der Waals surface area contributed by atoms with E-state index in [1.54, 1.807) is 6.08 Å². The summed E-state index contributed by atoms with van der Waals surface area (Å²) < 4.78 is 12.7. The highest BCUT2D eigenvalue weighted by atomic mass is 16.7.